The molecule has 0 aliphatic heterocycles. The van der Waals surface area contributed by atoms with Crippen LogP contribution in [0, 0.1) is 0 Å². The highest BCUT2D eigenvalue weighted by atomic mass is 32.2. The average molecular weight is 1060 g/mol. The number of carbonyl (C=O) groups excluding carboxylic acids is 2. The molecule has 2 amide bonds. The van der Waals surface area contributed by atoms with Gasteiger partial charge < -0.3 is 27.0 Å². The zero-order chi connectivity index (χ0) is 52.5. The number of hydrogen-bond donors (Lipinski definition) is 0. The Bertz CT molecular complexity index is 2590. The first-order chi connectivity index (χ1) is 32.1. The van der Waals surface area contributed by atoms with Crippen molar-refractivity contribution >= 4 is 60.1 Å². The third kappa shape index (κ3) is 12.9. The SMILES string of the molecule is CC(C)(C)[Si](C)(C)O[C@@H]1CC(C(=O)N(Cc2ccccc2)c2ccccc2OS(=O)(=O)C(F)(F)F)=C(C(=O)N(Cc2ccccc2)c2ccccc2OS(=O)(=O)C(F)(F)F)C[C@H]1O[Si](C)(C)C(C)(C)C. The lowest BCUT2D eigenvalue weighted by Gasteiger charge is -2.47. The summed E-state index contributed by atoms with van der Waals surface area (Å²) in [6.45, 7) is 19.1. The first kappa shape index (κ1) is 55.9. The molecule has 4 aromatic rings. The topological polar surface area (TPSA) is 146 Å². The van der Waals surface area contributed by atoms with Gasteiger partial charge in [0.2, 0.25) is 0 Å². The Balaban J connectivity index is 1.87. The second-order valence-electron chi connectivity index (χ2n) is 19.9. The zero-order valence-electron chi connectivity index (χ0n) is 40.4. The molecule has 4 aromatic carbocycles. The summed E-state index contributed by atoms with van der Waals surface area (Å²) < 4.78 is 157. The molecule has 382 valence electrons. The van der Waals surface area contributed by atoms with Gasteiger partial charge in [0.1, 0.15) is 0 Å². The molecule has 0 saturated heterocycles. The van der Waals surface area contributed by atoms with Crippen molar-refractivity contribution in [1.82, 2.24) is 0 Å². The summed E-state index contributed by atoms with van der Waals surface area (Å²) in [5.74, 6) is -3.73. The van der Waals surface area contributed by atoms with Crippen molar-refractivity contribution in [2.24, 2.45) is 0 Å². The van der Waals surface area contributed by atoms with Crippen LogP contribution in [0.4, 0.5) is 37.7 Å². The summed E-state index contributed by atoms with van der Waals surface area (Å²) >= 11 is 0. The average Bonchev–Trinajstić information content (AvgIpc) is 3.24. The van der Waals surface area contributed by atoms with Crippen molar-refractivity contribution < 1.29 is 70.0 Å². The fraction of sp³-hybridized carbons (Fsp3) is 0.417. The fourth-order valence-electron chi connectivity index (χ4n) is 6.91. The summed E-state index contributed by atoms with van der Waals surface area (Å²) in [6.07, 6.45) is -2.62. The Morgan fingerprint density at radius 3 is 1.09 bits per heavy atom. The van der Waals surface area contributed by atoms with Crippen LogP contribution in [0.5, 0.6) is 11.5 Å². The fourth-order valence-corrected chi connectivity index (χ4v) is 10.5. The van der Waals surface area contributed by atoms with Crippen molar-refractivity contribution in [3.8, 4) is 11.5 Å². The summed E-state index contributed by atoms with van der Waals surface area (Å²) in [5, 5.41) is -0.823. The first-order valence-corrected chi connectivity index (χ1v) is 30.7. The van der Waals surface area contributed by atoms with E-state index in [0.29, 0.717) is 11.1 Å². The summed E-state index contributed by atoms with van der Waals surface area (Å²) in [4.78, 5) is 33.6. The Morgan fingerprint density at radius 1 is 0.514 bits per heavy atom. The molecule has 0 N–H and O–H groups in total. The van der Waals surface area contributed by atoms with E-state index in [1.165, 1.54) is 36.4 Å². The van der Waals surface area contributed by atoms with E-state index in [1.54, 1.807) is 60.7 Å². The number of para-hydroxylation sites is 4. The lowest BCUT2D eigenvalue weighted by atomic mass is 9.85. The molecule has 70 heavy (non-hydrogen) atoms. The van der Waals surface area contributed by atoms with Gasteiger partial charge in [-0.3, -0.25) is 9.59 Å². The van der Waals surface area contributed by atoms with Crippen LogP contribution in [0.1, 0.15) is 65.5 Å². The maximum absolute atomic E-state index is 15.8. The van der Waals surface area contributed by atoms with Crippen molar-refractivity contribution in [2.45, 2.75) is 127 Å². The Hall–Kier alpha value is -5.01. The smallest absolute Gasteiger partial charge is 0.411 e. The number of benzene rings is 4. The third-order valence-corrected chi connectivity index (χ3v) is 23.7. The van der Waals surface area contributed by atoms with Crippen molar-refractivity contribution in [2.75, 3.05) is 9.80 Å². The molecular weight excluding hydrogens is 999 g/mol. The van der Waals surface area contributed by atoms with Crippen molar-refractivity contribution in [3.05, 3.63) is 131 Å². The Labute approximate surface area is 408 Å². The van der Waals surface area contributed by atoms with E-state index in [1.807, 2.05) is 67.7 Å². The highest BCUT2D eigenvalue weighted by Crippen LogP contribution is 2.46. The normalized spacial score (nSPS) is 16.7. The minimum atomic E-state index is -6.30. The maximum atomic E-state index is 15.8. The second kappa shape index (κ2) is 20.6. The molecule has 0 radical (unpaired) electrons. The Morgan fingerprint density at radius 2 is 0.800 bits per heavy atom. The number of nitrogens with zero attached hydrogens (tertiary/aromatic N) is 2. The quantitative estimate of drug-likeness (QED) is 0.0460. The minimum Gasteiger partial charge on any atom is -0.411 e. The molecule has 0 saturated carbocycles. The first-order valence-electron chi connectivity index (χ1n) is 22.1. The lowest BCUT2D eigenvalue weighted by Crippen LogP contribution is -2.54. The maximum Gasteiger partial charge on any atom is 0.534 e. The molecule has 0 heterocycles. The van der Waals surface area contributed by atoms with Crippen LogP contribution >= 0.6 is 0 Å². The van der Waals surface area contributed by atoms with Crippen LogP contribution in [0.3, 0.4) is 0 Å². The van der Waals surface area contributed by atoms with Gasteiger partial charge in [-0.25, -0.2) is 0 Å². The van der Waals surface area contributed by atoms with Gasteiger partial charge in [-0.2, -0.15) is 43.2 Å². The molecule has 22 heteroatoms. The number of carbonyl (C=O) groups is 2. The molecule has 1 aliphatic rings. The highest BCUT2D eigenvalue weighted by Gasteiger charge is 2.52. The van der Waals surface area contributed by atoms with Gasteiger partial charge in [0, 0.05) is 24.0 Å². The van der Waals surface area contributed by atoms with Crippen molar-refractivity contribution in [1.29, 1.82) is 0 Å². The predicted octanol–water partition coefficient (Wildman–Crippen LogP) is 11.8. The van der Waals surface area contributed by atoms with Gasteiger partial charge in [-0.1, -0.05) is 126 Å². The number of hydrogen-bond acceptors (Lipinski definition) is 10. The van der Waals surface area contributed by atoms with Crippen molar-refractivity contribution in [3.63, 3.8) is 0 Å². The van der Waals surface area contributed by atoms with E-state index in [9.17, 15) is 43.2 Å². The molecule has 0 unspecified atom stereocenters. The van der Waals surface area contributed by atoms with Gasteiger partial charge in [-0.15, -0.1) is 0 Å². The van der Waals surface area contributed by atoms with E-state index in [-0.39, 0.29) is 24.0 Å². The molecule has 0 spiro atoms. The summed E-state index contributed by atoms with van der Waals surface area (Å²) in [5.41, 5.74) is -12.3. The molecule has 2 atom stereocenters. The summed E-state index contributed by atoms with van der Waals surface area (Å²) in [7, 11) is -18.2. The number of alkyl halides is 6. The minimum absolute atomic E-state index is 0.257. The summed E-state index contributed by atoms with van der Waals surface area (Å²) in [6, 6.07) is 25.6. The zero-order valence-corrected chi connectivity index (χ0v) is 44.1. The van der Waals surface area contributed by atoms with Gasteiger partial charge in [0.15, 0.2) is 28.1 Å². The molecule has 0 bridgehead atoms. The van der Waals surface area contributed by atoms with Crippen LogP contribution in [0.25, 0.3) is 0 Å². The van der Waals surface area contributed by atoms with Gasteiger partial charge in [0.25, 0.3) is 11.8 Å². The van der Waals surface area contributed by atoms with Crippen LogP contribution in [0.2, 0.25) is 36.3 Å². The lowest BCUT2D eigenvalue weighted by molar-refractivity contribution is -0.119. The van der Waals surface area contributed by atoms with E-state index in [2.05, 4.69) is 8.37 Å². The van der Waals surface area contributed by atoms with Crippen LogP contribution < -0.4 is 18.2 Å². The monoisotopic (exact) mass is 1060 g/mol. The third-order valence-electron chi connectivity index (χ3n) is 12.7. The molecule has 0 fully saturated rings. The number of halogens is 6. The second-order valence-corrected chi connectivity index (χ2v) is 32.4. The molecule has 5 rings (SSSR count). The van der Waals surface area contributed by atoms with Gasteiger partial charge in [0.05, 0.1) is 36.7 Å². The highest BCUT2D eigenvalue weighted by molar-refractivity contribution is 7.88. The van der Waals surface area contributed by atoms with E-state index in [0.717, 1.165) is 21.9 Å². The van der Waals surface area contributed by atoms with E-state index in [4.69, 9.17) is 8.85 Å². The largest absolute Gasteiger partial charge is 0.534 e. The van der Waals surface area contributed by atoms with E-state index >= 15 is 9.59 Å². The molecule has 1 aliphatic carbocycles. The van der Waals surface area contributed by atoms with Gasteiger partial charge >= 0.3 is 31.3 Å². The molecule has 12 nitrogen and oxygen atoms in total. The van der Waals surface area contributed by atoms with Crippen LogP contribution in [-0.4, -0.2) is 68.5 Å². The predicted molar refractivity (Wildman–Crippen MR) is 260 cm³/mol. The number of rotatable bonds is 16. The van der Waals surface area contributed by atoms with Crippen LogP contribution in [-0.2, 0) is 51.8 Å². The van der Waals surface area contributed by atoms with E-state index < -0.39 is 118 Å². The standard InChI is InChI=1S/C48H58F6N2O10S2Si2/c1-45(2,3)69(7,8)65-41-29-35(43(57)55(31-33-21-13-11-14-22-33)37-25-17-19-27-39(37)63-67(59,60)47(49,50)51)36(30-42(41)66-70(9,10)46(4,5)6)44(58)56(32-34-23-15-12-16-24-34)38-26-18-20-28-40(38)64-68(61,62)48(52,53)54/h11-28,41-42H,29-32H2,1-10H3/t41-,42-/m1/s1. The number of amides is 2. The van der Waals surface area contributed by atoms with Crippen LogP contribution in [0.15, 0.2) is 120 Å². The Kier molecular flexibility index (Phi) is 16.5. The number of anilines is 2. The van der Waals surface area contributed by atoms with Gasteiger partial charge in [-0.05, 0) is 71.7 Å². The molecular formula is C48H58F6N2O10S2Si2. The molecule has 0 aromatic heterocycles.